The second kappa shape index (κ2) is 6.51. The monoisotopic (exact) mass is 289 g/mol. The van der Waals surface area contributed by atoms with Gasteiger partial charge >= 0.3 is 0 Å². The molecule has 0 saturated heterocycles. The van der Waals surface area contributed by atoms with Crippen LogP contribution in [-0.2, 0) is 0 Å². The van der Waals surface area contributed by atoms with Crippen LogP contribution >= 0.6 is 0 Å². The van der Waals surface area contributed by atoms with E-state index >= 15 is 0 Å². The van der Waals surface area contributed by atoms with Crippen LogP contribution in [0.3, 0.4) is 0 Å². The molecule has 0 spiro atoms. The first kappa shape index (κ1) is 14.5. The Morgan fingerprint density at radius 2 is 2.00 bits per heavy atom. The Kier molecular flexibility index (Phi) is 4.50. The maximum Gasteiger partial charge on any atom is 0.277 e. The molecule has 0 bridgehead atoms. The van der Waals surface area contributed by atoms with Crippen LogP contribution in [0.4, 0.5) is 0 Å². The highest BCUT2D eigenvalue weighted by molar-refractivity contribution is 5.94. The van der Waals surface area contributed by atoms with Gasteiger partial charge in [-0.05, 0) is 35.0 Å². The highest BCUT2D eigenvalue weighted by atomic mass is 16.5. The molecule has 0 atom stereocenters. The van der Waals surface area contributed by atoms with Crippen molar-refractivity contribution in [1.82, 2.24) is 20.4 Å². The molecule has 8 heteroatoms. The lowest BCUT2D eigenvalue weighted by Crippen LogP contribution is -2.19. The third kappa shape index (κ3) is 3.16. The Morgan fingerprint density at radius 3 is 2.57 bits per heavy atom. The number of carbonyl (C=O) groups is 1. The first-order valence-electron chi connectivity index (χ1n) is 6.09. The van der Waals surface area contributed by atoms with Gasteiger partial charge in [-0.25, -0.2) is 0 Å². The maximum atomic E-state index is 11.6. The molecule has 0 fully saturated rings. The molecule has 1 N–H and O–H groups in total. The molecule has 110 valence electrons. The van der Waals surface area contributed by atoms with Crippen molar-refractivity contribution in [3.8, 4) is 11.6 Å². The number of hydrogen-bond donors (Lipinski definition) is 1. The Morgan fingerprint density at radius 1 is 1.29 bits per heavy atom. The number of aromatic nitrogens is 3. The van der Waals surface area contributed by atoms with Gasteiger partial charge in [-0.3, -0.25) is 4.79 Å². The minimum absolute atomic E-state index is 0.0758. The fraction of sp³-hybridized carbons (Fsp3) is 0.231. The third-order valence-corrected chi connectivity index (χ3v) is 2.68. The minimum atomic E-state index is -0.391. The van der Waals surface area contributed by atoms with E-state index in [0.717, 1.165) is 16.1 Å². The summed E-state index contributed by atoms with van der Waals surface area (Å²) in [4.78, 5) is 12.7. The van der Waals surface area contributed by atoms with Gasteiger partial charge in [-0.1, -0.05) is 4.79 Å². The van der Waals surface area contributed by atoms with Gasteiger partial charge in [0.25, 0.3) is 11.8 Å². The molecule has 0 aliphatic carbocycles. The lowest BCUT2D eigenvalue weighted by Gasteiger charge is -2.01. The van der Waals surface area contributed by atoms with Crippen LogP contribution in [0.5, 0.6) is 11.6 Å². The summed E-state index contributed by atoms with van der Waals surface area (Å²) >= 11 is 0. The second-order valence-corrected chi connectivity index (χ2v) is 3.93. The number of benzene rings is 1. The number of nitrogens with one attached hydrogen (secondary N) is 1. The van der Waals surface area contributed by atoms with Crippen molar-refractivity contribution >= 4 is 12.1 Å². The van der Waals surface area contributed by atoms with Crippen molar-refractivity contribution < 1.29 is 14.3 Å². The molecule has 0 unspecified atom stereocenters. The van der Waals surface area contributed by atoms with Gasteiger partial charge in [0.05, 0.1) is 20.4 Å². The summed E-state index contributed by atoms with van der Waals surface area (Å²) in [6.07, 6.45) is 1.57. The van der Waals surface area contributed by atoms with Crippen LogP contribution in [0.25, 0.3) is 0 Å². The van der Waals surface area contributed by atoms with Crippen LogP contribution < -0.4 is 14.8 Å². The number of hydrogen-bond acceptors (Lipinski definition) is 6. The predicted molar refractivity (Wildman–Crippen MR) is 76.0 cm³/mol. The summed E-state index contributed by atoms with van der Waals surface area (Å²) in [5.74, 6) is 0.532. The largest absolute Gasteiger partial charge is 0.497 e. The highest BCUT2D eigenvalue weighted by Gasteiger charge is 2.19. The van der Waals surface area contributed by atoms with Crippen LogP contribution in [0.15, 0.2) is 29.4 Å². The van der Waals surface area contributed by atoms with Crippen molar-refractivity contribution in [2.24, 2.45) is 5.10 Å². The van der Waals surface area contributed by atoms with E-state index in [1.807, 2.05) is 24.3 Å². The molecule has 1 heterocycles. The first-order chi connectivity index (χ1) is 10.2. The van der Waals surface area contributed by atoms with E-state index in [4.69, 9.17) is 9.47 Å². The SMILES string of the molecule is CNC(=O)c1nnn(/N=C\c2ccc(OC)cc2)c1OC. The second-order valence-electron chi connectivity index (χ2n) is 3.93. The van der Waals surface area contributed by atoms with Crippen molar-refractivity contribution in [2.75, 3.05) is 21.3 Å². The number of carbonyl (C=O) groups excluding carboxylic acids is 1. The number of methoxy groups -OCH3 is 2. The number of rotatable bonds is 5. The zero-order chi connectivity index (χ0) is 15.2. The lowest BCUT2D eigenvalue weighted by molar-refractivity contribution is 0.0954. The number of ether oxygens (including phenoxy) is 2. The highest BCUT2D eigenvalue weighted by Crippen LogP contribution is 2.15. The van der Waals surface area contributed by atoms with Crippen molar-refractivity contribution in [3.05, 3.63) is 35.5 Å². The average molecular weight is 289 g/mol. The molecular formula is C13H15N5O3. The lowest BCUT2D eigenvalue weighted by atomic mass is 10.2. The zero-order valence-corrected chi connectivity index (χ0v) is 11.9. The van der Waals surface area contributed by atoms with Crippen LogP contribution in [0.2, 0.25) is 0 Å². The normalized spacial score (nSPS) is 10.6. The molecule has 1 aromatic heterocycles. The third-order valence-electron chi connectivity index (χ3n) is 2.68. The zero-order valence-electron chi connectivity index (χ0n) is 11.9. The summed E-state index contributed by atoms with van der Waals surface area (Å²) in [7, 11) is 4.52. The molecule has 2 aromatic rings. The fourth-order valence-corrected chi connectivity index (χ4v) is 1.59. The number of amides is 1. The molecule has 1 amide bonds. The Balaban J connectivity index is 2.24. The Hall–Kier alpha value is -2.90. The van der Waals surface area contributed by atoms with E-state index in [0.29, 0.717) is 0 Å². The van der Waals surface area contributed by atoms with Crippen LogP contribution in [0, 0.1) is 0 Å². The van der Waals surface area contributed by atoms with Crippen molar-refractivity contribution in [2.45, 2.75) is 0 Å². The maximum absolute atomic E-state index is 11.6. The summed E-state index contributed by atoms with van der Waals surface area (Å²) < 4.78 is 10.2. The topological polar surface area (TPSA) is 90.6 Å². The van der Waals surface area contributed by atoms with E-state index in [9.17, 15) is 4.79 Å². The fourth-order valence-electron chi connectivity index (χ4n) is 1.59. The van der Waals surface area contributed by atoms with E-state index in [1.165, 1.54) is 14.2 Å². The summed E-state index contributed by atoms with van der Waals surface area (Å²) in [5.41, 5.74) is 0.918. The van der Waals surface area contributed by atoms with Gasteiger partial charge in [-0.2, -0.15) is 5.10 Å². The van der Waals surface area contributed by atoms with Gasteiger partial charge in [-0.15, -0.1) is 5.10 Å². The quantitative estimate of drug-likeness (QED) is 0.811. The van der Waals surface area contributed by atoms with E-state index < -0.39 is 5.91 Å². The standard InChI is InChI=1S/C13H15N5O3/c1-14-12(19)11-13(21-3)18(17-16-11)15-8-9-4-6-10(20-2)7-5-9/h4-8H,1-3H3,(H,14,19)/b15-8-. The smallest absolute Gasteiger partial charge is 0.277 e. The summed E-state index contributed by atoms with van der Waals surface area (Å²) in [6, 6.07) is 7.31. The van der Waals surface area contributed by atoms with E-state index in [-0.39, 0.29) is 11.6 Å². The van der Waals surface area contributed by atoms with E-state index in [2.05, 4.69) is 20.7 Å². The van der Waals surface area contributed by atoms with Crippen molar-refractivity contribution in [1.29, 1.82) is 0 Å². The molecular weight excluding hydrogens is 274 g/mol. The Labute approximate surface area is 121 Å². The van der Waals surface area contributed by atoms with Gasteiger partial charge in [0, 0.05) is 7.05 Å². The Bertz CT molecular complexity index is 648. The molecule has 2 rings (SSSR count). The van der Waals surface area contributed by atoms with Gasteiger partial charge < -0.3 is 14.8 Å². The van der Waals surface area contributed by atoms with E-state index in [1.54, 1.807) is 13.3 Å². The molecule has 21 heavy (non-hydrogen) atoms. The molecule has 0 aliphatic heterocycles. The van der Waals surface area contributed by atoms with Crippen LogP contribution in [0.1, 0.15) is 16.1 Å². The first-order valence-corrected chi connectivity index (χ1v) is 6.09. The molecule has 0 radical (unpaired) electrons. The predicted octanol–water partition coefficient (Wildman–Crippen LogP) is 0.537. The van der Waals surface area contributed by atoms with Crippen LogP contribution in [-0.4, -0.2) is 48.5 Å². The summed E-state index contributed by atoms with van der Waals surface area (Å²) in [6.45, 7) is 0. The number of nitrogens with zero attached hydrogens (tertiary/aromatic N) is 4. The van der Waals surface area contributed by atoms with Gasteiger partial charge in [0.15, 0.2) is 0 Å². The van der Waals surface area contributed by atoms with Gasteiger partial charge in [0.2, 0.25) is 5.69 Å². The summed E-state index contributed by atoms with van der Waals surface area (Å²) in [5, 5.41) is 14.1. The molecule has 0 aliphatic rings. The minimum Gasteiger partial charge on any atom is -0.497 e. The molecule has 0 saturated carbocycles. The average Bonchev–Trinajstić information content (AvgIpc) is 2.95. The van der Waals surface area contributed by atoms with Gasteiger partial charge in [0.1, 0.15) is 5.75 Å². The molecule has 1 aromatic carbocycles. The molecule has 8 nitrogen and oxygen atoms in total. The van der Waals surface area contributed by atoms with Crippen molar-refractivity contribution in [3.63, 3.8) is 0 Å².